The lowest BCUT2D eigenvalue weighted by Crippen LogP contribution is -2.31. The predicted octanol–water partition coefficient (Wildman–Crippen LogP) is 4.88. The number of rotatable bonds is 7. The molecule has 9 nitrogen and oxygen atoms in total. The number of H-pyrrole nitrogens is 1. The van der Waals surface area contributed by atoms with Crippen molar-refractivity contribution in [1.29, 1.82) is 0 Å². The monoisotopic (exact) mass is 541 g/mol. The number of hydrogen-bond donors (Lipinski definition) is 3. The molecule has 0 radical (unpaired) electrons. The Kier molecular flexibility index (Phi) is 6.34. The zero-order valence-electron chi connectivity index (χ0n) is 19.5. The second-order valence-electron chi connectivity index (χ2n) is 9.29. The van der Waals surface area contributed by atoms with Crippen molar-refractivity contribution in [3.63, 3.8) is 0 Å². The van der Waals surface area contributed by atoms with Crippen LogP contribution < -0.4 is 10.6 Å². The molecule has 198 valence electrons. The third-order valence-corrected chi connectivity index (χ3v) is 7.33. The van der Waals surface area contributed by atoms with Crippen molar-refractivity contribution < 1.29 is 35.5 Å². The average Bonchev–Trinajstić information content (AvgIpc) is 3.58. The molecule has 3 heterocycles. The fourth-order valence-electron chi connectivity index (χ4n) is 4.12. The van der Waals surface area contributed by atoms with Gasteiger partial charge in [-0.15, -0.1) is 0 Å². The first-order chi connectivity index (χ1) is 17.4. The van der Waals surface area contributed by atoms with Crippen molar-refractivity contribution in [3.05, 3.63) is 35.7 Å². The maximum Gasteiger partial charge on any atom is 0.295 e. The standard InChI is InChI=1S/C23H23F4N5O4S/c1-37(34,35)16-8-12(15-6-7-23(26,27)10-36-15)4-5-13(16)28-14-9-17(30-22(33)11-2-3-11)29-20-18(14)31-21(32-20)19(24)25/h4-5,8-9,11,15,19H,2-3,6-7,10H2,1H3,(H3,28,29,30,31,32,33). The molecule has 0 spiro atoms. The number of fused-ring (bicyclic) bond motifs is 1. The Hall–Kier alpha value is -3.26. The number of ether oxygens (including phenoxy) is 1. The number of nitrogens with one attached hydrogen (secondary N) is 3. The predicted molar refractivity (Wildman–Crippen MR) is 126 cm³/mol. The van der Waals surface area contributed by atoms with Gasteiger partial charge in [0.05, 0.1) is 22.4 Å². The molecule has 2 aromatic heterocycles. The summed E-state index contributed by atoms with van der Waals surface area (Å²) in [4.78, 5) is 22.6. The number of imidazole rings is 1. The molecule has 1 aliphatic carbocycles. The maximum atomic E-state index is 13.5. The first-order valence-corrected chi connectivity index (χ1v) is 13.4. The topological polar surface area (TPSA) is 126 Å². The molecule has 1 aromatic carbocycles. The van der Waals surface area contributed by atoms with E-state index in [1.165, 1.54) is 18.2 Å². The SMILES string of the molecule is CS(=O)(=O)c1cc(C2CCC(F)(F)CO2)ccc1Nc1cc(NC(=O)C2CC2)nc2[nH]c(C(F)F)nc12. The highest BCUT2D eigenvalue weighted by molar-refractivity contribution is 7.90. The number of sulfone groups is 1. The van der Waals surface area contributed by atoms with Crippen LogP contribution in [0.2, 0.25) is 0 Å². The van der Waals surface area contributed by atoms with Gasteiger partial charge < -0.3 is 20.4 Å². The zero-order chi connectivity index (χ0) is 26.5. The third-order valence-electron chi connectivity index (χ3n) is 6.19. The number of halogens is 4. The number of aromatic nitrogens is 3. The maximum absolute atomic E-state index is 13.5. The van der Waals surface area contributed by atoms with Gasteiger partial charge in [-0.2, -0.15) is 0 Å². The highest BCUT2D eigenvalue weighted by atomic mass is 32.2. The van der Waals surface area contributed by atoms with Crippen molar-refractivity contribution in [2.45, 2.75) is 49.0 Å². The van der Waals surface area contributed by atoms with Crippen molar-refractivity contribution in [2.24, 2.45) is 5.92 Å². The number of benzene rings is 1. The number of amides is 1. The number of alkyl halides is 4. The summed E-state index contributed by atoms with van der Waals surface area (Å²) in [5.74, 6) is -3.90. The van der Waals surface area contributed by atoms with Crippen LogP contribution in [0.25, 0.3) is 11.2 Å². The van der Waals surface area contributed by atoms with Crippen LogP contribution in [0.1, 0.15) is 49.6 Å². The van der Waals surface area contributed by atoms with Crippen molar-refractivity contribution in [1.82, 2.24) is 15.0 Å². The van der Waals surface area contributed by atoms with Crippen LogP contribution >= 0.6 is 0 Å². The average molecular weight is 542 g/mol. The summed E-state index contributed by atoms with van der Waals surface area (Å²) < 4.78 is 84.2. The van der Waals surface area contributed by atoms with Gasteiger partial charge in [0.15, 0.2) is 21.3 Å². The molecule has 14 heteroatoms. The van der Waals surface area contributed by atoms with E-state index in [9.17, 15) is 30.8 Å². The van der Waals surface area contributed by atoms with Gasteiger partial charge in [-0.3, -0.25) is 4.79 Å². The number of pyridine rings is 1. The Labute approximate surface area is 208 Å². The minimum absolute atomic E-state index is 0.0149. The van der Waals surface area contributed by atoms with Crippen molar-refractivity contribution >= 4 is 44.1 Å². The fraction of sp³-hybridized carbons (Fsp3) is 0.435. The van der Waals surface area contributed by atoms with Crippen LogP contribution in [-0.4, -0.2) is 48.1 Å². The molecular formula is C23H23F4N5O4S. The van der Waals surface area contributed by atoms with Gasteiger partial charge in [0.25, 0.3) is 12.3 Å². The number of hydrogen-bond acceptors (Lipinski definition) is 7. The molecular weight excluding hydrogens is 518 g/mol. The first kappa shape index (κ1) is 25.4. The number of carbonyl (C=O) groups excluding carboxylic acids is 1. The highest BCUT2D eigenvalue weighted by Crippen LogP contribution is 2.39. The molecule has 3 aromatic rings. The van der Waals surface area contributed by atoms with Gasteiger partial charge >= 0.3 is 0 Å². The summed E-state index contributed by atoms with van der Waals surface area (Å²) in [7, 11) is -3.83. The Morgan fingerprint density at radius 3 is 2.54 bits per heavy atom. The van der Waals surface area contributed by atoms with Crippen LogP contribution in [0.4, 0.5) is 34.8 Å². The summed E-state index contributed by atoms with van der Waals surface area (Å²) in [6, 6.07) is 5.71. The van der Waals surface area contributed by atoms with Gasteiger partial charge in [0.2, 0.25) is 5.91 Å². The Balaban J connectivity index is 1.52. The van der Waals surface area contributed by atoms with E-state index in [-0.39, 0.29) is 57.9 Å². The van der Waals surface area contributed by atoms with Crippen LogP contribution in [0, 0.1) is 5.92 Å². The summed E-state index contributed by atoms with van der Waals surface area (Å²) >= 11 is 0. The van der Waals surface area contributed by atoms with Gasteiger partial charge in [-0.05, 0) is 37.0 Å². The van der Waals surface area contributed by atoms with Crippen LogP contribution in [0.15, 0.2) is 29.2 Å². The van der Waals surface area contributed by atoms with Gasteiger partial charge in [0, 0.05) is 24.7 Å². The molecule has 3 N–H and O–H groups in total. The van der Waals surface area contributed by atoms with Crippen molar-refractivity contribution in [3.8, 4) is 0 Å². The molecule has 1 saturated heterocycles. The molecule has 1 atom stereocenters. The largest absolute Gasteiger partial charge is 0.367 e. The van der Waals surface area contributed by atoms with Crippen LogP contribution in [0.5, 0.6) is 0 Å². The summed E-state index contributed by atoms with van der Waals surface area (Å²) in [6.45, 7) is -0.762. The van der Waals surface area contributed by atoms with E-state index in [2.05, 4.69) is 25.6 Å². The van der Waals surface area contributed by atoms with Crippen LogP contribution in [0.3, 0.4) is 0 Å². The molecule has 2 fully saturated rings. The lowest BCUT2D eigenvalue weighted by Gasteiger charge is -2.29. The molecule has 2 aliphatic rings. The normalized spacial score (nSPS) is 19.8. The van der Waals surface area contributed by atoms with E-state index in [0.717, 1.165) is 19.1 Å². The van der Waals surface area contributed by atoms with E-state index in [0.29, 0.717) is 5.56 Å². The molecule has 0 bridgehead atoms. The van der Waals surface area contributed by atoms with E-state index >= 15 is 0 Å². The lowest BCUT2D eigenvalue weighted by atomic mass is 9.99. The van der Waals surface area contributed by atoms with Crippen molar-refractivity contribution in [2.75, 3.05) is 23.5 Å². The molecule has 1 aliphatic heterocycles. The summed E-state index contributed by atoms with van der Waals surface area (Å²) in [6.07, 6.45) is -1.52. The summed E-state index contributed by atoms with van der Waals surface area (Å²) in [5, 5.41) is 5.56. The second-order valence-corrected chi connectivity index (χ2v) is 11.3. The van der Waals surface area contributed by atoms with E-state index in [1.807, 2.05) is 0 Å². The highest BCUT2D eigenvalue weighted by Gasteiger charge is 2.37. The smallest absolute Gasteiger partial charge is 0.295 e. The quantitative estimate of drug-likeness (QED) is 0.364. The van der Waals surface area contributed by atoms with Gasteiger partial charge in [0.1, 0.15) is 17.9 Å². The second kappa shape index (κ2) is 9.24. The van der Waals surface area contributed by atoms with Gasteiger partial charge in [-0.25, -0.2) is 35.9 Å². The van der Waals surface area contributed by atoms with Gasteiger partial charge in [-0.1, -0.05) is 6.07 Å². The number of anilines is 3. The van der Waals surface area contributed by atoms with E-state index in [4.69, 9.17) is 4.74 Å². The molecule has 1 saturated carbocycles. The Bertz CT molecular complexity index is 1460. The number of aromatic amines is 1. The Morgan fingerprint density at radius 1 is 1.16 bits per heavy atom. The third kappa shape index (κ3) is 5.54. The first-order valence-electron chi connectivity index (χ1n) is 11.5. The minimum atomic E-state index is -3.83. The van der Waals surface area contributed by atoms with Crippen LogP contribution in [-0.2, 0) is 19.4 Å². The lowest BCUT2D eigenvalue weighted by molar-refractivity contribution is -0.145. The molecule has 1 unspecified atom stereocenters. The minimum Gasteiger partial charge on any atom is -0.367 e. The zero-order valence-corrected chi connectivity index (χ0v) is 20.3. The van der Waals surface area contributed by atoms with E-state index in [1.54, 1.807) is 6.07 Å². The molecule has 1 amide bonds. The number of nitrogens with zero attached hydrogens (tertiary/aromatic N) is 2. The fourth-order valence-corrected chi connectivity index (χ4v) is 4.99. The number of carbonyl (C=O) groups is 1. The summed E-state index contributed by atoms with van der Waals surface area (Å²) in [5.41, 5.74) is 0.631. The molecule has 5 rings (SSSR count). The Morgan fingerprint density at radius 2 is 1.92 bits per heavy atom. The molecule has 37 heavy (non-hydrogen) atoms. The van der Waals surface area contributed by atoms with E-state index < -0.39 is 40.7 Å².